The lowest BCUT2D eigenvalue weighted by molar-refractivity contribution is 0.0796. The molecule has 0 fully saturated rings. The van der Waals surface area contributed by atoms with Gasteiger partial charge in [-0.2, -0.15) is 0 Å². The fourth-order valence-electron chi connectivity index (χ4n) is 4.38. The van der Waals surface area contributed by atoms with E-state index in [1.165, 1.54) is 35.8 Å². The number of amides is 1. The van der Waals surface area contributed by atoms with Gasteiger partial charge in [0.25, 0.3) is 5.91 Å². The number of nitrogens with zero attached hydrogens (tertiary/aromatic N) is 5. The van der Waals surface area contributed by atoms with Crippen molar-refractivity contribution in [3.05, 3.63) is 150 Å². The Morgan fingerprint density at radius 3 is 2.46 bits per heavy atom. The minimum Gasteiger partial charge on any atom is -0.341 e. The van der Waals surface area contributed by atoms with Crippen LogP contribution in [0.4, 0.5) is 10.1 Å². The van der Waals surface area contributed by atoms with E-state index >= 15 is 0 Å². The molecule has 0 aliphatic carbocycles. The molecule has 1 aromatic heterocycles. The zero-order valence-corrected chi connectivity index (χ0v) is 23.6. The summed E-state index contributed by atoms with van der Waals surface area (Å²) < 4.78 is 13.4. The molecule has 5 rings (SSSR count). The lowest BCUT2D eigenvalue weighted by atomic mass is 10.1. The third-order valence-corrected chi connectivity index (χ3v) is 7.70. The Kier molecular flexibility index (Phi) is 9.01. The monoisotopic (exact) mass is 563 g/mol. The second-order valence-corrected chi connectivity index (χ2v) is 10.7. The summed E-state index contributed by atoms with van der Waals surface area (Å²) in [6.45, 7) is 4.82. The molecule has 4 aromatic rings. The number of allylic oxidation sites excluding steroid dienone is 1. The van der Waals surface area contributed by atoms with Gasteiger partial charge in [-0.15, -0.1) is 0 Å². The highest BCUT2D eigenvalue weighted by molar-refractivity contribution is 8.13. The number of hydrogen-bond acceptors (Lipinski definition) is 6. The molecule has 0 spiro atoms. The molecule has 0 N–H and O–H groups in total. The maximum absolute atomic E-state index is 13.4. The van der Waals surface area contributed by atoms with Crippen molar-refractivity contribution in [1.29, 1.82) is 0 Å². The van der Waals surface area contributed by atoms with Gasteiger partial charge in [0.15, 0.2) is 5.17 Å². The van der Waals surface area contributed by atoms with Crippen LogP contribution in [0.3, 0.4) is 0 Å². The average Bonchev–Trinajstić information content (AvgIpc) is 3.01. The number of hydrogen-bond donors (Lipinski definition) is 0. The molecule has 2 heterocycles. The van der Waals surface area contributed by atoms with Crippen molar-refractivity contribution < 1.29 is 9.18 Å². The van der Waals surface area contributed by atoms with Crippen LogP contribution in [0.2, 0.25) is 0 Å². The third kappa shape index (κ3) is 7.35. The minimum atomic E-state index is -0.267. The number of benzene rings is 3. The number of carbonyl (C=O) groups excluding carboxylic acids is 1. The van der Waals surface area contributed by atoms with Crippen LogP contribution in [-0.2, 0) is 18.6 Å². The van der Waals surface area contributed by atoms with Crippen LogP contribution in [0, 0.1) is 5.82 Å². The van der Waals surface area contributed by atoms with Crippen LogP contribution in [0.15, 0.2) is 127 Å². The van der Waals surface area contributed by atoms with Crippen molar-refractivity contribution in [3.63, 3.8) is 0 Å². The number of halogens is 1. The van der Waals surface area contributed by atoms with Crippen molar-refractivity contribution in [1.82, 2.24) is 14.9 Å². The standard InChI is InChI=1S/C33H30FN5OS/c1-24-29(17-27-19-35-23-36-20-27)21-39(33(37-24)41-22-26-11-13-30(34)14-12-26)31-10-6-9-28(18-31)32(40)38(2)16-15-25-7-4-3-5-8-25/h3-14,18-21,23H,1,15-17,22H2,2H3. The summed E-state index contributed by atoms with van der Waals surface area (Å²) in [5.41, 5.74) is 6.09. The summed E-state index contributed by atoms with van der Waals surface area (Å²) in [6.07, 6.45) is 8.41. The Labute approximate surface area is 244 Å². The van der Waals surface area contributed by atoms with Gasteiger partial charge in [0.2, 0.25) is 0 Å². The van der Waals surface area contributed by atoms with Gasteiger partial charge in [-0.05, 0) is 59.0 Å². The first-order valence-corrected chi connectivity index (χ1v) is 14.2. The number of aliphatic imine (C=N–C) groups is 1. The summed E-state index contributed by atoms with van der Waals surface area (Å²) in [6, 6.07) is 24.2. The Bertz CT molecular complexity index is 1570. The molecule has 0 radical (unpaired) electrons. The summed E-state index contributed by atoms with van der Waals surface area (Å²) in [5, 5.41) is 0.717. The Hall–Kier alpha value is -4.56. The van der Waals surface area contributed by atoms with Crippen molar-refractivity contribution in [2.45, 2.75) is 18.6 Å². The Balaban J connectivity index is 1.39. The largest absolute Gasteiger partial charge is 0.341 e. The molecule has 0 bridgehead atoms. The van der Waals surface area contributed by atoms with Crippen molar-refractivity contribution in [3.8, 4) is 0 Å². The number of carbonyl (C=O) groups is 1. The zero-order chi connectivity index (χ0) is 28.6. The fourth-order valence-corrected chi connectivity index (χ4v) is 5.34. The van der Waals surface area contributed by atoms with Crippen LogP contribution in [0.25, 0.3) is 0 Å². The molecule has 3 aromatic carbocycles. The topological polar surface area (TPSA) is 61.7 Å². The number of aromatic nitrogens is 2. The molecular weight excluding hydrogens is 533 g/mol. The molecule has 0 saturated carbocycles. The number of rotatable bonds is 9. The van der Waals surface area contributed by atoms with Gasteiger partial charge in [-0.3, -0.25) is 9.69 Å². The molecule has 0 atom stereocenters. The van der Waals surface area contributed by atoms with Crippen molar-refractivity contribution >= 4 is 28.5 Å². The van der Waals surface area contributed by atoms with Gasteiger partial charge in [0.1, 0.15) is 12.1 Å². The van der Waals surface area contributed by atoms with Gasteiger partial charge in [0.05, 0.1) is 5.70 Å². The predicted octanol–water partition coefficient (Wildman–Crippen LogP) is 6.68. The molecule has 206 valence electrons. The van der Waals surface area contributed by atoms with Gasteiger partial charge in [-0.25, -0.2) is 19.4 Å². The van der Waals surface area contributed by atoms with Gasteiger partial charge in [0, 0.05) is 55.6 Å². The van der Waals surface area contributed by atoms with Crippen LogP contribution in [-0.4, -0.2) is 39.5 Å². The van der Waals surface area contributed by atoms with E-state index in [1.807, 2.05) is 60.6 Å². The second kappa shape index (κ2) is 13.2. The quantitative estimate of drug-likeness (QED) is 0.227. The number of likely N-dealkylation sites (N-methyl/N-ethyl adjacent to an activating group) is 1. The van der Waals surface area contributed by atoms with E-state index in [0.717, 1.165) is 34.0 Å². The third-order valence-electron chi connectivity index (χ3n) is 6.68. The first kappa shape index (κ1) is 28.0. The molecule has 1 aliphatic rings. The highest BCUT2D eigenvalue weighted by atomic mass is 32.2. The van der Waals surface area contributed by atoms with Gasteiger partial charge >= 0.3 is 0 Å². The smallest absolute Gasteiger partial charge is 0.253 e. The second-order valence-electron chi connectivity index (χ2n) is 9.72. The molecule has 1 aliphatic heterocycles. The summed E-state index contributed by atoms with van der Waals surface area (Å²) in [4.78, 5) is 30.2. The van der Waals surface area contributed by atoms with Crippen LogP contribution < -0.4 is 4.90 Å². The maximum Gasteiger partial charge on any atom is 0.253 e. The molecule has 0 unspecified atom stereocenters. The summed E-state index contributed by atoms with van der Waals surface area (Å²) >= 11 is 1.53. The zero-order valence-electron chi connectivity index (χ0n) is 22.8. The normalized spacial score (nSPS) is 13.0. The van der Waals surface area contributed by atoms with Crippen LogP contribution >= 0.6 is 11.8 Å². The summed E-state index contributed by atoms with van der Waals surface area (Å²) in [5.74, 6) is 0.281. The molecule has 1 amide bonds. The Morgan fingerprint density at radius 2 is 1.71 bits per heavy atom. The van der Waals surface area contributed by atoms with E-state index in [2.05, 4.69) is 28.7 Å². The van der Waals surface area contributed by atoms with Gasteiger partial charge in [-0.1, -0.05) is 66.9 Å². The number of thioether (sulfide) groups is 1. The highest BCUT2D eigenvalue weighted by Gasteiger charge is 2.22. The maximum atomic E-state index is 13.4. The van der Waals surface area contributed by atoms with E-state index < -0.39 is 0 Å². The lowest BCUT2D eigenvalue weighted by Gasteiger charge is -2.28. The Morgan fingerprint density at radius 1 is 0.951 bits per heavy atom. The van der Waals surface area contributed by atoms with E-state index in [-0.39, 0.29) is 11.7 Å². The molecule has 8 heteroatoms. The number of amidine groups is 1. The van der Waals surface area contributed by atoms with Crippen molar-refractivity contribution in [2.24, 2.45) is 4.99 Å². The molecular formula is C33H30FN5OS. The average molecular weight is 564 g/mol. The van der Waals surface area contributed by atoms with E-state index in [0.29, 0.717) is 30.0 Å². The van der Waals surface area contributed by atoms with Crippen molar-refractivity contribution in [2.75, 3.05) is 18.5 Å². The van der Waals surface area contributed by atoms with E-state index in [1.54, 1.807) is 29.4 Å². The van der Waals surface area contributed by atoms with E-state index in [9.17, 15) is 9.18 Å². The highest BCUT2D eigenvalue weighted by Crippen LogP contribution is 2.31. The first-order valence-electron chi connectivity index (χ1n) is 13.2. The predicted molar refractivity (Wildman–Crippen MR) is 164 cm³/mol. The fraction of sp³-hybridized carbons (Fsp3) is 0.152. The van der Waals surface area contributed by atoms with E-state index in [4.69, 9.17) is 4.99 Å². The first-order chi connectivity index (χ1) is 20.0. The summed E-state index contributed by atoms with van der Waals surface area (Å²) in [7, 11) is 1.83. The lowest BCUT2D eigenvalue weighted by Crippen LogP contribution is -2.30. The molecule has 41 heavy (non-hydrogen) atoms. The van der Waals surface area contributed by atoms with Crippen LogP contribution in [0.5, 0.6) is 0 Å². The SMILES string of the molecule is C=C1N=C(SCc2ccc(F)cc2)N(c2cccc(C(=O)N(C)CCc3ccccc3)c2)C=C1Cc1cncnc1. The van der Waals surface area contributed by atoms with Gasteiger partial charge < -0.3 is 4.90 Å². The van der Waals surface area contributed by atoms with Crippen LogP contribution in [0.1, 0.15) is 27.0 Å². The molecule has 6 nitrogen and oxygen atoms in total. The number of anilines is 1. The molecule has 0 saturated heterocycles. The minimum absolute atomic E-state index is 0.0488.